The first kappa shape index (κ1) is 9.19. The minimum absolute atomic E-state index is 0.222. The van der Waals surface area contributed by atoms with Gasteiger partial charge < -0.3 is 4.79 Å². The first-order chi connectivity index (χ1) is 6.08. The highest BCUT2D eigenvalue weighted by molar-refractivity contribution is 7.92. The summed E-state index contributed by atoms with van der Waals surface area (Å²) in [5.41, 5.74) is -0.248. The van der Waals surface area contributed by atoms with Crippen molar-refractivity contribution in [2.24, 2.45) is 5.41 Å². The van der Waals surface area contributed by atoms with Gasteiger partial charge in [0.05, 0.1) is 11.0 Å². The molecule has 1 unspecified atom stereocenters. The Labute approximate surface area is 78.4 Å². The lowest BCUT2D eigenvalue weighted by Gasteiger charge is -2.12. The summed E-state index contributed by atoms with van der Waals surface area (Å²) in [6.45, 7) is 0. The fraction of sp³-hybridized carbons (Fsp3) is 0.889. The van der Waals surface area contributed by atoms with E-state index in [-0.39, 0.29) is 10.7 Å². The first-order valence-corrected chi connectivity index (χ1v) is 6.47. The van der Waals surface area contributed by atoms with Gasteiger partial charge in [0.1, 0.15) is 6.29 Å². The Morgan fingerprint density at radius 3 is 2.46 bits per heavy atom. The maximum atomic E-state index is 11.5. The number of hydrogen-bond acceptors (Lipinski definition) is 3. The standard InChI is InChI=1S/C9H14O3S/c10-7-9(3-4-9)6-8-2-1-5-13(8,11)12/h7-8H,1-6H2. The first-order valence-electron chi connectivity index (χ1n) is 4.76. The van der Waals surface area contributed by atoms with E-state index in [1.54, 1.807) is 0 Å². The zero-order valence-corrected chi connectivity index (χ0v) is 8.35. The van der Waals surface area contributed by atoms with E-state index in [0.29, 0.717) is 12.2 Å². The molecule has 13 heavy (non-hydrogen) atoms. The average Bonchev–Trinajstić information content (AvgIpc) is 2.76. The second-order valence-electron chi connectivity index (χ2n) is 4.32. The third kappa shape index (κ3) is 1.64. The van der Waals surface area contributed by atoms with Gasteiger partial charge in [0.2, 0.25) is 0 Å². The molecule has 1 saturated heterocycles. The normalized spacial score (nSPS) is 34.3. The van der Waals surface area contributed by atoms with Gasteiger partial charge in [0.25, 0.3) is 0 Å². The third-order valence-electron chi connectivity index (χ3n) is 3.24. The number of rotatable bonds is 3. The van der Waals surface area contributed by atoms with Crippen LogP contribution in [0.25, 0.3) is 0 Å². The molecule has 0 bridgehead atoms. The van der Waals surface area contributed by atoms with Crippen molar-refractivity contribution in [3.8, 4) is 0 Å². The maximum Gasteiger partial charge on any atom is 0.153 e. The van der Waals surface area contributed by atoms with Gasteiger partial charge in [-0.1, -0.05) is 0 Å². The van der Waals surface area contributed by atoms with Crippen molar-refractivity contribution < 1.29 is 13.2 Å². The Balaban J connectivity index is 2.06. The van der Waals surface area contributed by atoms with Crippen LogP contribution in [-0.2, 0) is 14.6 Å². The highest BCUT2D eigenvalue weighted by Crippen LogP contribution is 2.49. The van der Waals surface area contributed by atoms with Gasteiger partial charge in [0, 0.05) is 5.41 Å². The zero-order valence-electron chi connectivity index (χ0n) is 7.53. The molecular formula is C9H14O3S. The summed E-state index contributed by atoms with van der Waals surface area (Å²) in [5, 5.41) is -0.222. The molecule has 0 amide bonds. The fourth-order valence-electron chi connectivity index (χ4n) is 2.07. The Hall–Kier alpha value is -0.380. The SMILES string of the molecule is O=CC1(CC2CCCS2(=O)=O)CC1. The smallest absolute Gasteiger partial charge is 0.153 e. The van der Waals surface area contributed by atoms with Crippen LogP contribution in [0, 0.1) is 5.41 Å². The molecule has 2 fully saturated rings. The largest absolute Gasteiger partial charge is 0.303 e. The zero-order chi connectivity index (χ0) is 9.53. The third-order valence-corrected chi connectivity index (χ3v) is 5.52. The molecule has 4 heteroatoms. The van der Waals surface area contributed by atoms with E-state index in [4.69, 9.17) is 0 Å². The van der Waals surface area contributed by atoms with Crippen LogP contribution in [0.1, 0.15) is 32.1 Å². The van der Waals surface area contributed by atoms with Gasteiger partial charge in [0.15, 0.2) is 9.84 Å². The van der Waals surface area contributed by atoms with Crippen LogP contribution in [0.15, 0.2) is 0 Å². The number of hydrogen-bond donors (Lipinski definition) is 0. The van der Waals surface area contributed by atoms with Gasteiger partial charge in [-0.15, -0.1) is 0 Å². The van der Waals surface area contributed by atoms with Gasteiger partial charge in [-0.25, -0.2) is 8.42 Å². The molecule has 0 N–H and O–H groups in total. The molecule has 0 aromatic carbocycles. The molecule has 0 aromatic heterocycles. The summed E-state index contributed by atoms with van der Waals surface area (Å²) < 4.78 is 22.9. The molecule has 3 nitrogen and oxygen atoms in total. The van der Waals surface area contributed by atoms with Crippen molar-refractivity contribution >= 4 is 16.1 Å². The molecule has 1 heterocycles. The molecule has 1 aliphatic carbocycles. The van der Waals surface area contributed by atoms with Gasteiger partial charge in [-0.05, 0) is 32.1 Å². The average molecular weight is 202 g/mol. The van der Waals surface area contributed by atoms with Crippen molar-refractivity contribution in [1.29, 1.82) is 0 Å². The van der Waals surface area contributed by atoms with E-state index in [1.165, 1.54) is 0 Å². The van der Waals surface area contributed by atoms with E-state index in [9.17, 15) is 13.2 Å². The molecule has 0 spiro atoms. The van der Waals surface area contributed by atoms with Crippen molar-refractivity contribution in [1.82, 2.24) is 0 Å². The van der Waals surface area contributed by atoms with Crippen molar-refractivity contribution in [2.75, 3.05) is 5.75 Å². The van der Waals surface area contributed by atoms with Crippen molar-refractivity contribution in [2.45, 2.75) is 37.4 Å². The van der Waals surface area contributed by atoms with Gasteiger partial charge in [-0.3, -0.25) is 0 Å². The number of aldehydes is 1. The Kier molecular flexibility index (Phi) is 1.98. The topological polar surface area (TPSA) is 51.2 Å². The van der Waals surface area contributed by atoms with Crippen LogP contribution < -0.4 is 0 Å². The lowest BCUT2D eigenvalue weighted by Crippen LogP contribution is -2.21. The lowest BCUT2D eigenvalue weighted by atomic mass is 10.0. The molecule has 0 radical (unpaired) electrons. The van der Waals surface area contributed by atoms with Crippen LogP contribution >= 0.6 is 0 Å². The van der Waals surface area contributed by atoms with Gasteiger partial charge >= 0.3 is 0 Å². The summed E-state index contributed by atoms with van der Waals surface area (Å²) in [6, 6.07) is 0. The highest BCUT2D eigenvalue weighted by Gasteiger charge is 2.47. The van der Waals surface area contributed by atoms with E-state index in [0.717, 1.165) is 32.0 Å². The molecule has 0 aromatic rings. The van der Waals surface area contributed by atoms with Crippen molar-refractivity contribution in [3.05, 3.63) is 0 Å². The van der Waals surface area contributed by atoms with Crippen molar-refractivity contribution in [3.63, 3.8) is 0 Å². The van der Waals surface area contributed by atoms with Gasteiger partial charge in [-0.2, -0.15) is 0 Å². The second-order valence-corrected chi connectivity index (χ2v) is 6.72. The van der Waals surface area contributed by atoms with E-state index in [2.05, 4.69) is 0 Å². The summed E-state index contributed by atoms with van der Waals surface area (Å²) in [5.74, 6) is 0.326. The lowest BCUT2D eigenvalue weighted by molar-refractivity contribution is -0.112. The number of carbonyl (C=O) groups is 1. The molecule has 2 aliphatic rings. The fourth-order valence-corrected chi connectivity index (χ4v) is 4.09. The van der Waals surface area contributed by atoms with Crippen LogP contribution in [0.3, 0.4) is 0 Å². The molecule has 1 saturated carbocycles. The number of sulfone groups is 1. The monoisotopic (exact) mass is 202 g/mol. The minimum atomic E-state index is -2.85. The van der Waals surface area contributed by atoms with Crippen LogP contribution in [0.4, 0.5) is 0 Å². The minimum Gasteiger partial charge on any atom is -0.303 e. The van der Waals surface area contributed by atoms with Crippen LogP contribution in [0.5, 0.6) is 0 Å². The molecule has 74 valence electrons. The molecule has 1 aliphatic heterocycles. The summed E-state index contributed by atoms with van der Waals surface area (Å²) in [4.78, 5) is 10.7. The van der Waals surface area contributed by atoms with E-state index < -0.39 is 9.84 Å². The van der Waals surface area contributed by atoms with Crippen LogP contribution in [-0.4, -0.2) is 25.7 Å². The number of carbonyl (C=O) groups excluding carboxylic acids is 1. The quantitative estimate of drug-likeness (QED) is 0.640. The summed E-state index contributed by atoms with van der Waals surface area (Å²) in [7, 11) is -2.85. The summed E-state index contributed by atoms with van der Waals surface area (Å²) >= 11 is 0. The van der Waals surface area contributed by atoms with E-state index in [1.807, 2.05) is 0 Å². The Morgan fingerprint density at radius 2 is 2.08 bits per heavy atom. The highest BCUT2D eigenvalue weighted by atomic mass is 32.2. The Morgan fingerprint density at radius 1 is 1.38 bits per heavy atom. The predicted octanol–water partition coefficient (Wildman–Crippen LogP) is 0.933. The molecular weight excluding hydrogens is 188 g/mol. The second kappa shape index (κ2) is 2.80. The van der Waals surface area contributed by atoms with Crippen LogP contribution in [0.2, 0.25) is 0 Å². The van der Waals surface area contributed by atoms with E-state index >= 15 is 0 Å². The predicted molar refractivity (Wildman–Crippen MR) is 49.2 cm³/mol. The molecule has 2 rings (SSSR count). The Bertz CT molecular complexity index is 314. The molecule has 1 atom stereocenters. The summed E-state index contributed by atoms with van der Waals surface area (Å²) in [6.07, 6.45) is 4.87. The maximum absolute atomic E-state index is 11.5.